The van der Waals surface area contributed by atoms with Crippen LogP contribution >= 0.6 is 0 Å². The molecule has 1 fully saturated rings. The Kier molecular flexibility index (Phi) is 6.27. The van der Waals surface area contributed by atoms with Crippen molar-refractivity contribution in [3.05, 3.63) is 11.9 Å². The van der Waals surface area contributed by atoms with Gasteiger partial charge in [-0.05, 0) is 6.92 Å². The number of aliphatic hydroxyl groups is 1. The number of rotatable bonds is 6. The molecule has 1 aromatic heterocycles. The van der Waals surface area contributed by atoms with E-state index in [1.54, 1.807) is 0 Å². The molecule has 1 aliphatic rings. The smallest absolute Gasteiger partial charge is 0.303 e. The second-order valence-electron chi connectivity index (χ2n) is 5.82. The van der Waals surface area contributed by atoms with E-state index < -0.39 is 48.6 Å². The van der Waals surface area contributed by atoms with E-state index in [2.05, 4.69) is 10.3 Å². The third kappa shape index (κ3) is 4.76. The number of ether oxygens (including phenoxy) is 4. The van der Waals surface area contributed by atoms with Gasteiger partial charge < -0.3 is 24.1 Å². The first-order chi connectivity index (χ1) is 12.2. The second kappa shape index (κ2) is 8.23. The molecule has 0 saturated carbocycles. The highest BCUT2D eigenvalue weighted by Gasteiger charge is 2.51. The Morgan fingerprint density at radius 3 is 2.31 bits per heavy atom. The maximum absolute atomic E-state index is 11.5. The molecule has 1 aliphatic heterocycles. The molecule has 0 aliphatic carbocycles. The fraction of sp³-hybridized carbons (Fsp3) is 0.667. The summed E-state index contributed by atoms with van der Waals surface area (Å²) in [6.07, 6.45) is -3.36. The zero-order valence-electron chi connectivity index (χ0n) is 14.8. The number of aromatic nitrogens is 3. The molecule has 11 heteroatoms. The zero-order chi connectivity index (χ0) is 19.4. The molecule has 0 radical (unpaired) electrons. The fourth-order valence-electron chi connectivity index (χ4n) is 2.51. The van der Waals surface area contributed by atoms with Gasteiger partial charge in [-0.25, -0.2) is 4.68 Å². The van der Waals surface area contributed by atoms with Crippen molar-refractivity contribution in [1.29, 1.82) is 0 Å². The van der Waals surface area contributed by atoms with Crippen molar-refractivity contribution in [2.24, 2.45) is 0 Å². The summed E-state index contributed by atoms with van der Waals surface area (Å²) in [5.74, 6) is -1.78. The van der Waals surface area contributed by atoms with Crippen LogP contribution in [0.15, 0.2) is 6.20 Å². The van der Waals surface area contributed by atoms with Crippen molar-refractivity contribution in [3.63, 3.8) is 0 Å². The van der Waals surface area contributed by atoms with Gasteiger partial charge in [0.15, 0.2) is 18.4 Å². The third-order valence-corrected chi connectivity index (χ3v) is 3.56. The van der Waals surface area contributed by atoms with Gasteiger partial charge in [0.25, 0.3) is 0 Å². The number of aliphatic hydroxyl groups excluding tert-OH is 1. The van der Waals surface area contributed by atoms with Crippen molar-refractivity contribution in [1.82, 2.24) is 15.0 Å². The van der Waals surface area contributed by atoms with Gasteiger partial charge in [0.05, 0.1) is 12.3 Å². The highest BCUT2D eigenvalue weighted by Crippen LogP contribution is 2.34. The van der Waals surface area contributed by atoms with E-state index in [0.717, 1.165) is 0 Å². The Balaban J connectivity index is 2.32. The Hall–Kier alpha value is -2.53. The maximum Gasteiger partial charge on any atom is 0.303 e. The van der Waals surface area contributed by atoms with Gasteiger partial charge in [0.2, 0.25) is 0 Å². The van der Waals surface area contributed by atoms with E-state index in [1.165, 1.54) is 38.6 Å². The molecule has 1 unspecified atom stereocenters. The minimum Gasteiger partial charge on any atom is -0.463 e. The quantitative estimate of drug-likeness (QED) is 0.521. The van der Waals surface area contributed by atoms with Crippen LogP contribution in [0.3, 0.4) is 0 Å². The van der Waals surface area contributed by atoms with Gasteiger partial charge >= 0.3 is 17.9 Å². The van der Waals surface area contributed by atoms with E-state index in [-0.39, 0.29) is 12.3 Å². The van der Waals surface area contributed by atoms with Crippen LogP contribution in [0.2, 0.25) is 0 Å². The standard InChI is InChI=1S/C15H21N3O8/c1-7(19)11-5-18(17-16-11)15-14(25-10(4)22)13(24-9(3)21)12(26-15)6-23-8(2)20/h5,7,12-15,19H,6H2,1-4H3/t7?,12-,13-,14-,15-/m1/s1. The lowest BCUT2D eigenvalue weighted by Gasteiger charge is -2.23. The molecule has 0 aromatic carbocycles. The van der Waals surface area contributed by atoms with E-state index in [1.807, 2.05) is 0 Å². The molecule has 5 atom stereocenters. The molecule has 0 spiro atoms. The molecule has 2 rings (SSSR count). The largest absolute Gasteiger partial charge is 0.463 e. The predicted molar refractivity (Wildman–Crippen MR) is 82.3 cm³/mol. The van der Waals surface area contributed by atoms with Crippen LogP contribution in [0.4, 0.5) is 0 Å². The predicted octanol–water partition coefficient (Wildman–Crippen LogP) is -0.345. The highest BCUT2D eigenvalue weighted by atomic mass is 16.7. The van der Waals surface area contributed by atoms with Crippen molar-refractivity contribution in [2.45, 2.75) is 58.3 Å². The number of carbonyl (C=O) groups excluding carboxylic acids is 3. The van der Waals surface area contributed by atoms with Crippen LogP contribution in [-0.2, 0) is 33.3 Å². The van der Waals surface area contributed by atoms with Crippen LogP contribution in [-0.4, -0.2) is 62.9 Å². The monoisotopic (exact) mass is 371 g/mol. The molecule has 1 saturated heterocycles. The average molecular weight is 371 g/mol. The number of hydrogen-bond donors (Lipinski definition) is 1. The van der Waals surface area contributed by atoms with Crippen molar-refractivity contribution >= 4 is 17.9 Å². The van der Waals surface area contributed by atoms with E-state index in [4.69, 9.17) is 18.9 Å². The minimum atomic E-state index is -1.04. The fourth-order valence-corrected chi connectivity index (χ4v) is 2.51. The van der Waals surface area contributed by atoms with E-state index >= 15 is 0 Å². The zero-order valence-corrected chi connectivity index (χ0v) is 14.8. The molecule has 1 aromatic rings. The summed E-state index contributed by atoms with van der Waals surface area (Å²) in [4.78, 5) is 34.1. The van der Waals surface area contributed by atoms with Crippen LogP contribution in [0.25, 0.3) is 0 Å². The van der Waals surface area contributed by atoms with Gasteiger partial charge in [-0.2, -0.15) is 0 Å². The third-order valence-electron chi connectivity index (χ3n) is 3.56. The van der Waals surface area contributed by atoms with Crippen molar-refractivity contribution < 1.29 is 38.4 Å². The summed E-state index contributed by atoms with van der Waals surface area (Å²) in [6.45, 7) is 4.92. The molecular formula is C15H21N3O8. The number of nitrogens with zero attached hydrogens (tertiary/aromatic N) is 3. The summed E-state index contributed by atoms with van der Waals surface area (Å²) >= 11 is 0. The van der Waals surface area contributed by atoms with Crippen molar-refractivity contribution in [3.8, 4) is 0 Å². The molecule has 144 valence electrons. The summed E-state index contributed by atoms with van der Waals surface area (Å²) in [6, 6.07) is 0. The molecule has 0 bridgehead atoms. The van der Waals surface area contributed by atoms with Crippen LogP contribution in [0.5, 0.6) is 0 Å². The molecule has 1 N–H and O–H groups in total. The van der Waals surface area contributed by atoms with Gasteiger partial charge in [-0.1, -0.05) is 5.21 Å². The minimum absolute atomic E-state index is 0.209. The number of carbonyl (C=O) groups is 3. The Morgan fingerprint density at radius 2 is 1.81 bits per heavy atom. The average Bonchev–Trinajstić information content (AvgIpc) is 3.11. The number of esters is 3. The Bertz CT molecular complexity index is 674. The first-order valence-electron chi connectivity index (χ1n) is 7.92. The molecular weight excluding hydrogens is 350 g/mol. The summed E-state index contributed by atoms with van der Waals surface area (Å²) in [7, 11) is 0. The molecule has 2 heterocycles. The van der Waals surface area contributed by atoms with Crippen LogP contribution in [0, 0.1) is 0 Å². The summed E-state index contributed by atoms with van der Waals surface area (Å²) < 4.78 is 22.5. The second-order valence-corrected chi connectivity index (χ2v) is 5.82. The van der Waals surface area contributed by atoms with Gasteiger partial charge in [0.1, 0.15) is 18.4 Å². The number of hydrogen-bond acceptors (Lipinski definition) is 10. The normalized spacial score (nSPS) is 26.2. The van der Waals surface area contributed by atoms with E-state index in [9.17, 15) is 19.5 Å². The summed E-state index contributed by atoms with van der Waals surface area (Å²) in [5.41, 5.74) is 0.280. The maximum atomic E-state index is 11.5. The van der Waals surface area contributed by atoms with Gasteiger partial charge in [-0.3, -0.25) is 14.4 Å². The first-order valence-corrected chi connectivity index (χ1v) is 7.92. The SMILES string of the molecule is CC(=O)OC[C@H]1O[C@@H](n2cc(C(C)O)nn2)[C@H](OC(C)=O)[C@@H]1OC(C)=O. The van der Waals surface area contributed by atoms with Gasteiger partial charge in [0, 0.05) is 20.8 Å². The topological polar surface area (TPSA) is 139 Å². The lowest BCUT2D eigenvalue weighted by atomic mass is 10.1. The van der Waals surface area contributed by atoms with Gasteiger partial charge in [-0.15, -0.1) is 5.10 Å². The molecule has 26 heavy (non-hydrogen) atoms. The molecule has 0 amide bonds. The lowest BCUT2D eigenvalue weighted by molar-refractivity contribution is -0.166. The highest BCUT2D eigenvalue weighted by molar-refractivity contribution is 5.67. The Morgan fingerprint density at radius 1 is 1.19 bits per heavy atom. The molecule has 11 nitrogen and oxygen atoms in total. The van der Waals surface area contributed by atoms with Crippen LogP contribution in [0.1, 0.15) is 45.7 Å². The van der Waals surface area contributed by atoms with Crippen LogP contribution < -0.4 is 0 Å². The van der Waals surface area contributed by atoms with Crippen molar-refractivity contribution in [2.75, 3.05) is 6.61 Å². The van der Waals surface area contributed by atoms with E-state index in [0.29, 0.717) is 0 Å². The summed E-state index contributed by atoms with van der Waals surface area (Å²) in [5, 5.41) is 17.3. The Labute approximate surface area is 149 Å². The lowest BCUT2D eigenvalue weighted by Crippen LogP contribution is -2.40. The first kappa shape index (κ1) is 19.8.